The van der Waals surface area contributed by atoms with E-state index in [1.54, 1.807) is 21.3 Å². The van der Waals surface area contributed by atoms with E-state index in [1.165, 1.54) is 5.56 Å². The fourth-order valence-corrected chi connectivity index (χ4v) is 2.80. The van der Waals surface area contributed by atoms with Gasteiger partial charge in [-0.1, -0.05) is 12.1 Å². The summed E-state index contributed by atoms with van der Waals surface area (Å²) in [6, 6.07) is 8.25. The van der Waals surface area contributed by atoms with Gasteiger partial charge in [-0.25, -0.2) is 0 Å². The maximum Gasteiger partial charge on any atom is 0.118 e. The van der Waals surface area contributed by atoms with Gasteiger partial charge in [-0.15, -0.1) is 0 Å². The Morgan fingerprint density at radius 2 is 1.65 bits per heavy atom. The molecule has 0 aliphatic carbocycles. The third-order valence-corrected chi connectivity index (χ3v) is 4.01. The minimum Gasteiger partial charge on any atom is -0.497 e. The molecule has 1 saturated heterocycles. The molecule has 1 heterocycles. The highest BCUT2D eigenvalue weighted by molar-refractivity contribution is 5.29. The molecule has 0 amide bonds. The normalized spacial score (nSPS) is 24.8. The van der Waals surface area contributed by atoms with Crippen LogP contribution in [0.5, 0.6) is 5.75 Å². The summed E-state index contributed by atoms with van der Waals surface area (Å²) in [5, 5.41) is 0. The molecular formula is C15H24N2O3. The number of ether oxygens (including phenoxy) is 3. The lowest BCUT2D eigenvalue weighted by molar-refractivity contribution is -0.00461. The molecular weight excluding hydrogens is 256 g/mol. The molecule has 112 valence electrons. The van der Waals surface area contributed by atoms with Gasteiger partial charge in [-0.05, 0) is 17.7 Å². The first-order valence-corrected chi connectivity index (χ1v) is 6.87. The van der Waals surface area contributed by atoms with Gasteiger partial charge in [0, 0.05) is 39.9 Å². The summed E-state index contributed by atoms with van der Waals surface area (Å²) in [5.74, 6) is 0.857. The third-order valence-electron chi connectivity index (χ3n) is 4.01. The Labute approximate surface area is 120 Å². The van der Waals surface area contributed by atoms with Gasteiger partial charge in [0.1, 0.15) is 5.75 Å². The molecule has 2 N–H and O–H groups in total. The van der Waals surface area contributed by atoms with Crippen LogP contribution in [0.4, 0.5) is 0 Å². The summed E-state index contributed by atoms with van der Waals surface area (Å²) < 4.78 is 16.2. The second-order valence-corrected chi connectivity index (χ2v) is 5.03. The van der Waals surface area contributed by atoms with Crippen molar-refractivity contribution in [2.75, 3.05) is 41.0 Å². The molecule has 0 bridgehead atoms. The smallest absolute Gasteiger partial charge is 0.118 e. The van der Waals surface area contributed by atoms with E-state index in [0.29, 0.717) is 6.54 Å². The van der Waals surface area contributed by atoms with Crippen molar-refractivity contribution in [1.29, 1.82) is 0 Å². The molecule has 3 unspecified atom stereocenters. The summed E-state index contributed by atoms with van der Waals surface area (Å²) in [6.45, 7) is 2.24. The first kappa shape index (κ1) is 15.3. The number of methoxy groups -OCH3 is 3. The Bertz CT molecular complexity index is 398. The van der Waals surface area contributed by atoms with Gasteiger partial charge in [0.15, 0.2) is 0 Å². The van der Waals surface area contributed by atoms with Crippen LogP contribution >= 0.6 is 0 Å². The first-order valence-electron chi connectivity index (χ1n) is 6.87. The van der Waals surface area contributed by atoms with Crippen molar-refractivity contribution >= 4 is 0 Å². The fourth-order valence-electron chi connectivity index (χ4n) is 2.80. The predicted octanol–water partition coefficient (Wildman–Crippen LogP) is 1.04. The number of hydrogen-bond acceptors (Lipinski definition) is 5. The number of nitrogens with two attached hydrogens (primary N) is 1. The van der Waals surface area contributed by atoms with Crippen molar-refractivity contribution in [1.82, 2.24) is 4.90 Å². The van der Waals surface area contributed by atoms with E-state index in [9.17, 15) is 0 Å². The largest absolute Gasteiger partial charge is 0.497 e. The second kappa shape index (κ2) is 7.04. The molecule has 1 aliphatic rings. The average Bonchev–Trinajstić information content (AvgIpc) is 2.92. The Morgan fingerprint density at radius 3 is 2.05 bits per heavy atom. The maximum atomic E-state index is 5.97. The number of nitrogens with zero attached hydrogens (tertiary/aromatic N) is 1. The van der Waals surface area contributed by atoms with Crippen LogP contribution in [0.15, 0.2) is 24.3 Å². The lowest BCUT2D eigenvalue weighted by atomic mass is 10.1. The third kappa shape index (κ3) is 3.12. The Morgan fingerprint density at radius 1 is 1.10 bits per heavy atom. The van der Waals surface area contributed by atoms with Crippen molar-refractivity contribution in [3.05, 3.63) is 29.8 Å². The molecule has 3 atom stereocenters. The highest BCUT2D eigenvalue weighted by atomic mass is 16.5. The van der Waals surface area contributed by atoms with Gasteiger partial charge in [0.05, 0.1) is 19.3 Å². The summed E-state index contributed by atoms with van der Waals surface area (Å²) >= 11 is 0. The van der Waals surface area contributed by atoms with Gasteiger partial charge < -0.3 is 19.9 Å². The monoisotopic (exact) mass is 280 g/mol. The van der Waals surface area contributed by atoms with Crippen molar-refractivity contribution in [3.8, 4) is 5.75 Å². The van der Waals surface area contributed by atoms with E-state index < -0.39 is 0 Å². The Hall–Kier alpha value is -1.14. The zero-order valence-corrected chi connectivity index (χ0v) is 12.4. The van der Waals surface area contributed by atoms with Crippen molar-refractivity contribution in [2.24, 2.45) is 5.73 Å². The van der Waals surface area contributed by atoms with E-state index in [2.05, 4.69) is 17.0 Å². The minimum atomic E-state index is 0.104. The van der Waals surface area contributed by atoms with Gasteiger partial charge >= 0.3 is 0 Å². The molecule has 0 radical (unpaired) electrons. The fraction of sp³-hybridized carbons (Fsp3) is 0.600. The van der Waals surface area contributed by atoms with Gasteiger partial charge in [-0.3, -0.25) is 4.90 Å². The molecule has 5 heteroatoms. The number of likely N-dealkylation sites (tertiary alicyclic amines) is 1. The standard InChI is InChI=1S/C15H24N2O3/c1-18-12-6-4-11(5-7-12)13(8-16)17-9-14(19-2)15(10-17)20-3/h4-7,13-15H,8-10,16H2,1-3H3. The van der Waals surface area contributed by atoms with Crippen LogP contribution < -0.4 is 10.5 Å². The zero-order valence-electron chi connectivity index (χ0n) is 12.4. The molecule has 2 rings (SSSR count). The topological polar surface area (TPSA) is 57.0 Å². The SMILES string of the molecule is COc1ccc(C(CN)N2CC(OC)C(OC)C2)cc1. The first-order chi connectivity index (χ1) is 9.73. The number of benzene rings is 1. The van der Waals surface area contributed by atoms with E-state index in [1.807, 2.05) is 12.1 Å². The van der Waals surface area contributed by atoms with Crippen LogP contribution in [0.3, 0.4) is 0 Å². The molecule has 1 aliphatic heterocycles. The van der Waals surface area contributed by atoms with Crippen molar-refractivity contribution in [3.63, 3.8) is 0 Å². The Kier molecular flexibility index (Phi) is 5.37. The molecule has 5 nitrogen and oxygen atoms in total. The average molecular weight is 280 g/mol. The molecule has 20 heavy (non-hydrogen) atoms. The van der Waals surface area contributed by atoms with Crippen molar-refractivity contribution < 1.29 is 14.2 Å². The predicted molar refractivity (Wildman–Crippen MR) is 78.0 cm³/mol. The van der Waals surface area contributed by atoms with E-state index in [4.69, 9.17) is 19.9 Å². The highest BCUT2D eigenvalue weighted by Gasteiger charge is 2.36. The van der Waals surface area contributed by atoms with E-state index in [-0.39, 0.29) is 18.2 Å². The van der Waals surface area contributed by atoms with Crippen LogP contribution in [0.1, 0.15) is 11.6 Å². The van der Waals surface area contributed by atoms with E-state index >= 15 is 0 Å². The van der Waals surface area contributed by atoms with Gasteiger partial charge in [0.25, 0.3) is 0 Å². The van der Waals surface area contributed by atoms with Crippen LogP contribution in [-0.2, 0) is 9.47 Å². The number of rotatable bonds is 6. The molecule has 1 aromatic carbocycles. The molecule has 0 aromatic heterocycles. The number of hydrogen-bond donors (Lipinski definition) is 1. The van der Waals surface area contributed by atoms with Crippen LogP contribution in [0.25, 0.3) is 0 Å². The molecule has 1 fully saturated rings. The lowest BCUT2D eigenvalue weighted by Crippen LogP contribution is -2.33. The van der Waals surface area contributed by atoms with Crippen LogP contribution in [0, 0.1) is 0 Å². The van der Waals surface area contributed by atoms with Crippen molar-refractivity contribution in [2.45, 2.75) is 18.2 Å². The zero-order chi connectivity index (χ0) is 14.5. The van der Waals surface area contributed by atoms with Gasteiger partial charge in [0.2, 0.25) is 0 Å². The molecule has 0 saturated carbocycles. The van der Waals surface area contributed by atoms with E-state index in [0.717, 1.165) is 18.8 Å². The second-order valence-electron chi connectivity index (χ2n) is 5.03. The molecule has 0 spiro atoms. The Balaban J connectivity index is 2.11. The summed E-state index contributed by atoms with van der Waals surface area (Å²) in [6.07, 6.45) is 0.208. The summed E-state index contributed by atoms with van der Waals surface area (Å²) in [7, 11) is 5.12. The lowest BCUT2D eigenvalue weighted by Gasteiger charge is -2.27. The maximum absolute atomic E-state index is 5.97. The van der Waals surface area contributed by atoms with Gasteiger partial charge in [-0.2, -0.15) is 0 Å². The quantitative estimate of drug-likeness (QED) is 0.844. The van der Waals surface area contributed by atoms with Crippen LogP contribution in [-0.4, -0.2) is 58.1 Å². The summed E-state index contributed by atoms with van der Waals surface area (Å²) in [5.41, 5.74) is 7.17. The minimum absolute atomic E-state index is 0.104. The highest BCUT2D eigenvalue weighted by Crippen LogP contribution is 2.27. The summed E-state index contributed by atoms with van der Waals surface area (Å²) in [4.78, 5) is 2.32. The van der Waals surface area contributed by atoms with Crippen LogP contribution in [0.2, 0.25) is 0 Å². The molecule has 1 aromatic rings.